The Morgan fingerprint density at radius 1 is 1.06 bits per heavy atom. The Hall–Kier alpha value is -2.58. The second-order valence-electron chi connectivity index (χ2n) is 8.14. The van der Waals surface area contributed by atoms with Crippen LogP contribution in [0.5, 0.6) is 0 Å². The molecule has 2 rings (SSSR count). The molecule has 34 heavy (non-hydrogen) atoms. The van der Waals surface area contributed by atoms with Crippen molar-refractivity contribution in [3.63, 3.8) is 0 Å². The molecule has 0 saturated heterocycles. The van der Waals surface area contributed by atoms with Crippen molar-refractivity contribution in [2.45, 2.75) is 45.6 Å². The van der Waals surface area contributed by atoms with Crippen LogP contribution in [0.25, 0.3) is 0 Å². The van der Waals surface area contributed by atoms with Gasteiger partial charge in [-0.2, -0.15) is 0 Å². The van der Waals surface area contributed by atoms with Gasteiger partial charge in [0.05, 0.1) is 11.9 Å². The molecule has 0 unspecified atom stereocenters. The van der Waals surface area contributed by atoms with Crippen molar-refractivity contribution in [1.82, 2.24) is 10.2 Å². The minimum Gasteiger partial charge on any atom is -0.354 e. The highest BCUT2D eigenvalue weighted by atomic mass is 35.5. The first-order valence-electron chi connectivity index (χ1n) is 11.5. The van der Waals surface area contributed by atoms with E-state index in [1.165, 1.54) is 11.0 Å². The summed E-state index contributed by atoms with van der Waals surface area (Å²) < 4.78 is 26.1. The highest BCUT2D eigenvalue weighted by Gasteiger charge is 2.31. The van der Waals surface area contributed by atoms with Crippen molar-refractivity contribution in [1.29, 1.82) is 0 Å². The Labute approximate surface area is 208 Å². The maximum absolute atomic E-state index is 13.5. The maximum atomic E-state index is 13.5. The predicted molar refractivity (Wildman–Crippen MR) is 137 cm³/mol. The van der Waals surface area contributed by atoms with Crippen LogP contribution in [0, 0.1) is 0 Å². The average Bonchev–Trinajstić information content (AvgIpc) is 2.80. The van der Waals surface area contributed by atoms with Crippen LogP contribution >= 0.6 is 11.6 Å². The van der Waals surface area contributed by atoms with E-state index in [2.05, 4.69) is 5.32 Å². The Balaban J connectivity index is 2.32. The topological polar surface area (TPSA) is 86.8 Å². The summed E-state index contributed by atoms with van der Waals surface area (Å²) >= 11 is 6.06. The molecular formula is C25H34ClN3O4S. The number of hydrogen-bond acceptors (Lipinski definition) is 4. The van der Waals surface area contributed by atoms with E-state index in [0.29, 0.717) is 30.1 Å². The average molecular weight is 508 g/mol. The first kappa shape index (κ1) is 27.7. The molecule has 0 aromatic heterocycles. The number of rotatable bonds is 13. The number of nitrogens with zero attached hydrogens (tertiary/aromatic N) is 2. The first-order chi connectivity index (χ1) is 16.2. The summed E-state index contributed by atoms with van der Waals surface area (Å²) in [6.45, 7) is 4.28. The summed E-state index contributed by atoms with van der Waals surface area (Å²) in [5, 5.41) is 3.27. The summed E-state index contributed by atoms with van der Waals surface area (Å²) in [6, 6.07) is 15.3. The van der Waals surface area contributed by atoms with Crippen molar-refractivity contribution in [2.75, 3.05) is 30.2 Å². The van der Waals surface area contributed by atoms with Gasteiger partial charge in [-0.15, -0.1) is 0 Å². The molecule has 1 atom stereocenters. The molecule has 0 bridgehead atoms. The van der Waals surface area contributed by atoms with Gasteiger partial charge in [0.2, 0.25) is 21.8 Å². The predicted octanol–water partition coefficient (Wildman–Crippen LogP) is 3.87. The van der Waals surface area contributed by atoms with Gasteiger partial charge in [0.1, 0.15) is 12.6 Å². The Morgan fingerprint density at radius 2 is 1.76 bits per heavy atom. The number of unbranched alkanes of at least 4 members (excludes halogenated alkanes) is 1. The third-order valence-corrected chi connectivity index (χ3v) is 6.85. The smallest absolute Gasteiger partial charge is 0.244 e. The summed E-state index contributed by atoms with van der Waals surface area (Å²) in [7, 11) is -3.77. The number of carbonyl (C=O) groups is 2. The van der Waals surface area contributed by atoms with E-state index in [1.54, 1.807) is 18.2 Å². The first-order valence-corrected chi connectivity index (χ1v) is 13.7. The molecule has 0 aliphatic heterocycles. The van der Waals surface area contributed by atoms with Crippen LogP contribution in [0.15, 0.2) is 54.6 Å². The van der Waals surface area contributed by atoms with E-state index in [0.717, 1.165) is 29.0 Å². The lowest BCUT2D eigenvalue weighted by molar-refractivity contribution is -0.139. The molecule has 9 heteroatoms. The fourth-order valence-electron chi connectivity index (χ4n) is 3.65. The molecule has 186 valence electrons. The zero-order chi connectivity index (χ0) is 25.1. The van der Waals surface area contributed by atoms with Gasteiger partial charge < -0.3 is 10.2 Å². The van der Waals surface area contributed by atoms with Crippen LogP contribution in [-0.2, 0) is 26.0 Å². The Bertz CT molecular complexity index is 1050. The van der Waals surface area contributed by atoms with E-state index in [4.69, 9.17) is 11.6 Å². The van der Waals surface area contributed by atoms with Gasteiger partial charge in [-0.3, -0.25) is 13.9 Å². The number of sulfonamides is 1. The molecule has 0 heterocycles. The molecule has 7 nitrogen and oxygen atoms in total. The van der Waals surface area contributed by atoms with Crippen LogP contribution in [0.2, 0.25) is 5.02 Å². The molecule has 0 spiro atoms. The van der Waals surface area contributed by atoms with E-state index in [9.17, 15) is 18.0 Å². The highest BCUT2D eigenvalue weighted by molar-refractivity contribution is 7.92. The van der Waals surface area contributed by atoms with E-state index < -0.39 is 28.5 Å². The number of anilines is 1. The molecular weight excluding hydrogens is 474 g/mol. The van der Waals surface area contributed by atoms with Gasteiger partial charge >= 0.3 is 0 Å². The van der Waals surface area contributed by atoms with Crippen LogP contribution in [-0.4, -0.2) is 57.1 Å². The van der Waals surface area contributed by atoms with Crippen LogP contribution in [0.1, 0.15) is 38.7 Å². The van der Waals surface area contributed by atoms with Gasteiger partial charge in [-0.05, 0) is 43.0 Å². The number of halogens is 1. The normalized spacial score (nSPS) is 12.1. The third-order valence-electron chi connectivity index (χ3n) is 5.48. The van der Waals surface area contributed by atoms with Gasteiger partial charge in [0.25, 0.3) is 0 Å². The molecule has 0 saturated carbocycles. The lowest BCUT2D eigenvalue weighted by Crippen LogP contribution is -2.53. The van der Waals surface area contributed by atoms with Crippen LogP contribution < -0.4 is 9.62 Å². The van der Waals surface area contributed by atoms with E-state index in [-0.39, 0.29) is 12.5 Å². The minimum absolute atomic E-state index is 0.231. The molecule has 2 aromatic carbocycles. The zero-order valence-electron chi connectivity index (χ0n) is 20.0. The molecule has 1 N–H and O–H groups in total. The van der Waals surface area contributed by atoms with Gasteiger partial charge in [-0.1, -0.05) is 68.3 Å². The monoisotopic (exact) mass is 507 g/mol. The number of hydrogen-bond donors (Lipinski definition) is 1. The minimum atomic E-state index is -3.77. The quantitative estimate of drug-likeness (QED) is 0.417. The second-order valence-corrected chi connectivity index (χ2v) is 10.5. The van der Waals surface area contributed by atoms with E-state index >= 15 is 0 Å². The lowest BCUT2D eigenvalue weighted by atomic mass is 10.1. The molecule has 2 aromatic rings. The fourth-order valence-corrected chi connectivity index (χ4v) is 4.67. The number of amides is 2. The SMILES string of the molecule is CCCCNC(=O)[C@H](CC)N(CCc1ccccc1)C(=O)CN(c1cccc(Cl)c1)S(C)(=O)=O. The highest BCUT2D eigenvalue weighted by Crippen LogP contribution is 2.22. The number of carbonyl (C=O) groups excluding carboxylic acids is 2. The summed E-state index contributed by atoms with van der Waals surface area (Å²) in [6.07, 6.45) is 3.79. The van der Waals surface area contributed by atoms with Crippen molar-refractivity contribution in [3.05, 3.63) is 65.2 Å². The van der Waals surface area contributed by atoms with Crippen molar-refractivity contribution in [2.24, 2.45) is 0 Å². The van der Waals surface area contributed by atoms with Crippen molar-refractivity contribution < 1.29 is 18.0 Å². The van der Waals surface area contributed by atoms with E-state index in [1.807, 2.05) is 44.2 Å². The van der Waals surface area contributed by atoms with Crippen LogP contribution in [0.3, 0.4) is 0 Å². The molecule has 0 aliphatic carbocycles. The van der Waals surface area contributed by atoms with Crippen molar-refractivity contribution in [3.8, 4) is 0 Å². The molecule has 0 aliphatic rings. The molecule has 2 amide bonds. The Morgan fingerprint density at radius 3 is 2.35 bits per heavy atom. The largest absolute Gasteiger partial charge is 0.354 e. The third kappa shape index (κ3) is 8.33. The second kappa shape index (κ2) is 13.3. The zero-order valence-corrected chi connectivity index (χ0v) is 21.6. The Kier molecular flexibility index (Phi) is 10.9. The molecule has 0 radical (unpaired) electrons. The number of benzene rings is 2. The fraction of sp³-hybridized carbons (Fsp3) is 0.440. The van der Waals surface area contributed by atoms with Gasteiger partial charge in [0.15, 0.2) is 0 Å². The lowest BCUT2D eigenvalue weighted by Gasteiger charge is -2.33. The number of nitrogens with one attached hydrogen (secondary N) is 1. The van der Waals surface area contributed by atoms with Gasteiger partial charge in [-0.25, -0.2) is 8.42 Å². The summed E-state index contributed by atoms with van der Waals surface area (Å²) in [5.74, 6) is -0.676. The van der Waals surface area contributed by atoms with Gasteiger partial charge in [0, 0.05) is 18.1 Å². The van der Waals surface area contributed by atoms with Crippen molar-refractivity contribution >= 4 is 39.1 Å². The standard InChI is InChI=1S/C25H34ClN3O4S/c1-4-6-16-27-25(31)23(5-2)28(17-15-20-11-8-7-9-12-20)24(30)19-29(34(3,32)33)22-14-10-13-21(26)18-22/h7-14,18,23H,4-6,15-17,19H2,1-3H3,(H,27,31)/t23-/m0/s1. The maximum Gasteiger partial charge on any atom is 0.244 e. The molecule has 0 fully saturated rings. The summed E-state index contributed by atoms with van der Waals surface area (Å²) in [4.78, 5) is 28.0. The summed E-state index contributed by atoms with van der Waals surface area (Å²) in [5.41, 5.74) is 1.32. The van der Waals surface area contributed by atoms with Crippen LogP contribution in [0.4, 0.5) is 5.69 Å².